The average Bonchev–Trinajstić information content (AvgIpc) is 2.47. The predicted molar refractivity (Wildman–Crippen MR) is 76.1 cm³/mol. The van der Waals surface area contributed by atoms with Gasteiger partial charge in [-0.15, -0.1) is 0 Å². The third-order valence-electron chi connectivity index (χ3n) is 3.00. The van der Waals surface area contributed by atoms with Gasteiger partial charge in [-0.1, -0.05) is 18.2 Å². The summed E-state index contributed by atoms with van der Waals surface area (Å²) in [5, 5.41) is 18.9. The van der Waals surface area contributed by atoms with E-state index in [1.54, 1.807) is 50.4 Å². The van der Waals surface area contributed by atoms with Crippen molar-refractivity contribution < 1.29 is 19.7 Å². The number of ether oxygens (including phenoxy) is 2. The van der Waals surface area contributed by atoms with E-state index in [1.165, 1.54) is 0 Å². The van der Waals surface area contributed by atoms with Crippen LogP contribution in [0.1, 0.15) is 24.2 Å². The normalized spacial score (nSPS) is 12.0. The highest BCUT2D eigenvalue weighted by Crippen LogP contribution is 2.36. The van der Waals surface area contributed by atoms with Gasteiger partial charge >= 0.3 is 0 Å². The highest BCUT2D eigenvalue weighted by Gasteiger charge is 2.15. The fourth-order valence-corrected chi connectivity index (χ4v) is 1.99. The van der Waals surface area contributed by atoms with E-state index in [0.717, 1.165) is 5.56 Å². The fourth-order valence-electron chi connectivity index (χ4n) is 1.99. The quantitative estimate of drug-likeness (QED) is 0.880. The van der Waals surface area contributed by atoms with Crippen LogP contribution in [-0.4, -0.2) is 17.3 Å². The number of aliphatic hydroxyl groups excluding tert-OH is 2. The van der Waals surface area contributed by atoms with E-state index in [0.29, 0.717) is 22.8 Å². The molecule has 0 saturated heterocycles. The van der Waals surface area contributed by atoms with Crippen molar-refractivity contribution in [2.75, 3.05) is 7.11 Å². The molecule has 0 aliphatic carbocycles. The molecule has 1 atom stereocenters. The zero-order chi connectivity index (χ0) is 14.5. The van der Waals surface area contributed by atoms with Gasteiger partial charge in [-0.25, -0.2) is 0 Å². The lowest BCUT2D eigenvalue weighted by Gasteiger charge is -2.16. The zero-order valence-corrected chi connectivity index (χ0v) is 11.5. The van der Waals surface area contributed by atoms with Gasteiger partial charge < -0.3 is 19.7 Å². The molecule has 106 valence electrons. The van der Waals surface area contributed by atoms with Crippen molar-refractivity contribution in [1.82, 2.24) is 0 Å². The summed E-state index contributed by atoms with van der Waals surface area (Å²) in [6.45, 7) is 1.66. The Morgan fingerprint density at radius 2 is 1.70 bits per heavy atom. The van der Waals surface area contributed by atoms with Crippen LogP contribution in [0.25, 0.3) is 0 Å². The van der Waals surface area contributed by atoms with Crippen LogP contribution in [0, 0.1) is 0 Å². The molecule has 0 fully saturated rings. The molecule has 0 aliphatic heterocycles. The lowest BCUT2D eigenvalue weighted by Crippen LogP contribution is -2.00. The highest BCUT2D eigenvalue weighted by molar-refractivity contribution is 5.48. The number of methoxy groups -OCH3 is 1. The summed E-state index contributed by atoms with van der Waals surface area (Å²) in [7, 11) is 1.56. The van der Waals surface area contributed by atoms with E-state index in [2.05, 4.69) is 0 Å². The van der Waals surface area contributed by atoms with Crippen LogP contribution in [-0.2, 0) is 6.61 Å². The Kier molecular flexibility index (Phi) is 4.61. The molecule has 2 rings (SSSR count). The minimum absolute atomic E-state index is 0.00162. The summed E-state index contributed by atoms with van der Waals surface area (Å²) in [4.78, 5) is 0. The van der Waals surface area contributed by atoms with Crippen molar-refractivity contribution >= 4 is 0 Å². The molecule has 2 N–H and O–H groups in total. The van der Waals surface area contributed by atoms with Crippen LogP contribution >= 0.6 is 0 Å². The van der Waals surface area contributed by atoms with Crippen LogP contribution in [0.5, 0.6) is 17.2 Å². The molecule has 20 heavy (non-hydrogen) atoms. The monoisotopic (exact) mass is 274 g/mol. The van der Waals surface area contributed by atoms with Gasteiger partial charge in [-0.05, 0) is 36.8 Å². The number of aliphatic hydroxyl groups is 2. The number of benzene rings is 2. The molecule has 4 nitrogen and oxygen atoms in total. The van der Waals surface area contributed by atoms with Gasteiger partial charge in [-0.3, -0.25) is 0 Å². The minimum Gasteiger partial charge on any atom is -0.496 e. The molecule has 0 heterocycles. The molecule has 4 heteroatoms. The second-order valence-corrected chi connectivity index (χ2v) is 4.45. The van der Waals surface area contributed by atoms with Crippen molar-refractivity contribution in [3.8, 4) is 17.2 Å². The number of hydrogen-bond donors (Lipinski definition) is 2. The summed E-state index contributed by atoms with van der Waals surface area (Å²) in [5.41, 5.74) is 1.43. The van der Waals surface area contributed by atoms with Crippen LogP contribution in [0.15, 0.2) is 42.5 Å². The molecule has 0 amide bonds. The lowest BCUT2D eigenvalue weighted by atomic mass is 10.1. The minimum atomic E-state index is -0.696. The Bertz CT molecular complexity index is 561. The van der Waals surface area contributed by atoms with Gasteiger partial charge in [0.05, 0.1) is 25.4 Å². The molecule has 2 aromatic carbocycles. The third kappa shape index (κ3) is 3.10. The van der Waals surface area contributed by atoms with Crippen LogP contribution in [0.3, 0.4) is 0 Å². The van der Waals surface area contributed by atoms with Crippen LogP contribution in [0.4, 0.5) is 0 Å². The van der Waals surface area contributed by atoms with E-state index in [9.17, 15) is 5.11 Å². The standard InChI is InChI=1S/C16H18O4/c1-11(18)16-14(19-2)4-3-5-15(16)20-13-8-6-12(10-17)7-9-13/h3-9,11,17-18H,10H2,1-2H3/t11-/m0/s1. The van der Waals surface area contributed by atoms with Crippen molar-refractivity contribution in [2.24, 2.45) is 0 Å². The molecule has 0 bridgehead atoms. The number of hydrogen-bond acceptors (Lipinski definition) is 4. The Balaban J connectivity index is 2.32. The zero-order valence-electron chi connectivity index (χ0n) is 11.5. The summed E-state index contributed by atoms with van der Waals surface area (Å²) in [6.07, 6.45) is -0.696. The lowest BCUT2D eigenvalue weighted by molar-refractivity contribution is 0.190. The summed E-state index contributed by atoms with van der Waals surface area (Å²) in [5.74, 6) is 1.78. The Morgan fingerprint density at radius 3 is 2.25 bits per heavy atom. The van der Waals surface area contributed by atoms with Crippen molar-refractivity contribution in [3.63, 3.8) is 0 Å². The number of rotatable bonds is 5. The Hall–Kier alpha value is -2.04. The molecule has 0 saturated carbocycles. The van der Waals surface area contributed by atoms with Crippen LogP contribution in [0.2, 0.25) is 0 Å². The summed E-state index contributed by atoms with van der Waals surface area (Å²) in [6, 6.07) is 12.5. The third-order valence-corrected chi connectivity index (χ3v) is 3.00. The first kappa shape index (κ1) is 14.4. The van der Waals surface area contributed by atoms with E-state index in [1.807, 2.05) is 6.07 Å². The van der Waals surface area contributed by atoms with Gasteiger partial charge in [-0.2, -0.15) is 0 Å². The molecular weight excluding hydrogens is 256 g/mol. The molecule has 0 radical (unpaired) electrons. The smallest absolute Gasteiger partial charge is 0.136 e. The predicted octanol–water partition coefficient (Wildman–Crippen LogP) is 3.03. The maximum absolute atomic E-state index is 9.88. The fraction of sp³-hybridized carbons (Fsp3) is 0.250. The maximum Gasteiger partial charge on any atom is 0.136 e. The summed E-state index contributed by atoms with van der Waals surface area (Å²) >= 11 is 0. The molecule has 2 aromatic rings. The molecule has 0 aliphatic rings. The van der Waals surface area contributed by atoms with E-state index >= 15 is 0 Å². The second kappa shape index (κ2) is 6.41. The topological polar surface area (TPSA) is 58.9 Å². The Labute approximate surface area is 118 Å². The van der Waals surface area contributed by atoms with Crippen molar-refractivity contribution in [2.45, 2.75) is 19.6 Å². The van der Waals surface area contributed by atoms with Crippen LogP contribution < -0.4 is 9.47 Å². The largest absolute Gasteiger partial charge is 0.496 e. The first-order valence-corrected chi connectivity index (χ1v) is 6.38. The highest BCUT2D eigenvalue weighted by atomic mass is 16.5. The summed E-state index contributed by atoms with van der Waals surface area (Å²) < 4.78 is 11.0. The SMILES string of the molecule is COc1cccc(Oc2ccc(CO)cc2)c1[C@H](C)O. The first-order valence-electron chi connectivity index (χ1n) is 6.38. The maximum atomic E-state index is 9.88. The molecule has 0 aromatic heterocycles. The molecule has 0 unspecified atom stereocenters. The van der Waals surface area contributed by atoms with Crippen molar-refractivity contribution in [1.29, 1.82) is 0 Å². The van der Waals surface area contributed by atoms with Gasteiger partial charge in [0, 0.05) is 0 Å². The van der Waals surface area contributed by atoms with E-state index in [4.69, 9.17) is 14.6 Å². The van der Waals surface area contributed by atoms with E-state index < -0.39 is 6.10 Å². The van der Waals surface area contributed by atoms with Gasteiger partial charge in [0.25, 0.3) is 0 Å². The molecule has 0 spiro atoms. The average molecular weight is 274 g/mol. The Morgan fingerprint density at radius 1 is 1.05 bits per heavy atom. The van der Waals surface area contributed by atoms with Gasteiger partial charge in [0.15, 0.2) is 0 Å². The first-order chi connectivity index (χ1) is 9.65. The van der Waals surface area contributed by atoms with E-state index in [-0.39, 0.29) is 6.61 Å². The molecular formula is C16H18O4. The van der Waals surface area contributed by atoms with Gasteiger partial charge in [0.1, 0.15) is 17.2 Å². The van der Waals surface area contributed by atoms with Crippen molar-refractivity contribution in [3.05, 3.63) is 53.6 Å². The van der Waals surface area contributed by atoms with Gasteiger partial charge in [0.2, 0.25) is 0 Å². The second-order valence-electron chi connectivity index (χ2n) is 4.45.